The van der Waals surface area contributed by atoms with E-state index in [9.17, 15) is 9.18 Å². The summed E-state index contributed by atoms with van der Waals surface area (Å²) in [4.78, 5) is 13.9. The number of aromatic nitrogens is 1. The molecule has 2 heterocycles. The number of allylic oxidation sites excluding steroid dienone is 3. The molecule has 0 unspecified atom stereocenters. The molecular weight excluding hydrogens is 381 g/mol. The fraction of sp³-hybridized carbons (Fsp3) is 0.458. The van der Waals surface area contributed by atoms with Gasteiger partial charge in [-0.2, -0.15) is 0 Å². The van der Waals surface area contributed by atoms with Gasteiger partial charge in [-0.1, -0.05) is 17.7 Å². The Morgan fingerprint density at radius 1 is 1.37 bits per heavy atom. The van der Waals surface area contributed by atoms with Crippen LogP contribution in [0.3, 0.4) is 0 Å². The molecule has 0 aliphatic carbocycles. The van der Waals surface area contributed by atoms with E-state index in [4.69, 9.17) is 10.5 Å². The maximum atomic E-state index is 14.0. The number of hydrogen-bond acceptors (Lipinski definition) is 4. The summed E-state index contributed by atoms with van der Waals surface area (Å²) in [5.41, 5.74) is 10.3. The normalized spacial score (nSPS) is 15.1. The van der Waals surface area contributed by atoms with Crippen molar-refractivity contribution in [2.45, 2.75) is 52.6 Å². The maximum absolute atomic E-state index is 14.0. The molecule has 0 spiro atoms. The molecule has 2 aromatic rings. The van der Waals surface area contributed by atoms with Crippen LogP contribution in [0.1, 0.15) is 44.4 Å². The SMILES string of the molecule is CCOC(=O)CCCN1CCc2c(c3cc(F)ccc3n2C/C(C)=C/C/C=C\N)C1. The second-order valence-electron chi connectivity index (χ2n) is 7.82. The highest BCUT2D eigenvalue weighted by molar-refractivity contribution is 5.86. The molecule has 162 valence electrons. The average Bonchev–Trinajstić information content (AvgIpc) is 3.01. The van der Waals surface area contributed by atoms with Gasteiger partial charge in [-0.3, -0.25) is 9.69 Å². The number of rotatable bonds is 9. The molecule has 0 atom stereocenters. The number of esters is 1. The van der Waals surface area contributed by atoms with Crippen molar-refractivity contribution in [2.75, 3.05) is 19.7 Å². The largest absolute Gasteiger partial charge is 0.466 e. The Labute approximate surface area is 178 Å². The minimum absolute atomic E-state index is 0.138. The van der Waals surface area contributed by atoms with Crippen molar-refractivity contribution in [3.05, 3.63) is 59.2 Å². The molecule has 1 aromatic heterocycles. The van der Waals surface area contributed by atoms with Crippen LogP contribution in [0.2, 0.25) is 0 Å². The summed E-state index contributed by atoms with van der Waals surface area (Å²) in [5, 5.41) is 0.995. The van der Waals surface area contributed by atoms with Crippen molar-refractivity contribution in [2.24, 2.45) is 5.73 Å². The molecule has 1 aliphatic rings. The highest BCUT2D eigenvalue weighted by atomic mass is 19.1. The highest BCUT2D eigenvalue weighted by Crippen LogP contribution is 2.32. The lowest BCUT2D eigenvalue weighted by atomic mass is 10.0. The molecule has 5 nitrogen and oxygen atoms in total. The monoisotopic (exact) mass is 413 g/mol. The van der Waals surface area contributed by atoms with Crippen molar-refractivity contribution in [3.8, 4) is 0 Å². The summed E-state index contributed by atoms with van der Waals surface area (Å²) < 4.78 is 21.4. The van der Waals surface area contributed by atoms with Crippen LogP contribution < -0.4 is 5.73 Å². The van der Waals surface area contributed by atoms with Gasteiger partial charge < -0.3 is 15.0 Å². The fourth-order valence-corrected chi connectivity index (χ4v) is 4.19. The molecule has 0 fully saturated rings. The molecule has 6 heteroatoms. The van der Waals surface area contributed by atoms with Crippen LogP contribution in [-0.4, -0.2) is 35.1 Å². The van der Waals surface area contributed by atoms with Crippen LogP contribution >= 0.6 is 0 Å². The Bertz CT molecular complexity index is 946. The Hall–Kier alpha value is -2.60. The summed E-state index contributed by atoms with van der Waals surface area (Å²) >= 11 is 0. The van der Waals surface area contributed by atoms with Crippen LogP contribution in [0.25, 0.3) is 10.9 Å². The lowest BCUT2D eigenvalue weighted by Gasteiger charge is -2.28. The highest BCUT2D eigenvalue weighted by Gasteiger charge is 2.24. The van der Waals surface area contributed by atoms with Crippen molar-refractivity contribution in [1.82, 2.24) is 9.47 Å². The second-order valence-corrected chi connectivity index (χ2v) is 7.82. The van der Waals surface area contributed by atoms with Gasteiger partial charge in [0.2, 0.25) is 0 Å². The molecule has 0 saturated heterocycles. The van der Waals surface area contributed by atoms with Gasteiger partial charge in [-0.15, -0.1) is 0 Å². The first-order valence-electron chi connectivity index (χ1n) is 10.7. The van der Waals surface area contributed by atoms with Crippen molar-refractivity contribution in [3.63, 3.8) is 0 Å². The van der Waals surface area contributed by atoms with Crippen molar-refractivity contribution in [1.29, 1.82) is 0 Å². The van der Waals surface area contributed by atoms with Gasteiger partial charge in [0.15, 0.2) is 0 Å². The second kappa shape index (κ2) is 10.4. The first-order valence-corrected chi connectivity index (χ1v) is 10.7. The fourth-order valence-electron chi connectivity index (χ4n) is 4.19. The maximum Gasteiger partial charge on any atom is 0.305 e. The van der Waals surface area contributed by atoms with E-state index in [1.54, 1.807) is 12.3 Å². The molecule has 3 rings (SSSR count). The van der Waals surface area contributed by atoms with Gasteiger partial charge in [-0.05, 0) is 63.2 Å². The zero-order valence-corrected chi connectivity index (χ0v) is 18.0. The summed E-state index contributed by atoms with van der Waals surface area (Å²) in [6, 6.07) is 5.09. The predicted octanol–water partition coefficient (Wildman–Crippen LogP) is 4.29. The molecular formula is C24H32FN3O2. The number of halogens is 1. The Balaban J connectivity index is 1.79. The molecule has 30 heavy (non-hydrogen) atoms. The van der Waals surface area contributed by atoms with Crippen LogP contribution in [0, 0.1) is 5.82 Å². The van der Waals surface area contributed by atoms with E-state index in [2.05, 4.69) is 22.5 Å². The number of carbonyl (C=O) groups is 1. The van der Waals surface area contributed by atoms with E-state index < -0.39 is 0 Å². The zero-order valence-electron chi connectivity index (χ0n) is 18.0. The van der Waals surface area contributed by atoms with E-state index in [1.807, 2.05) is 19.1 Å². The molecule has 2 N–H and O–H groups in total. The van der Waals surface area contributed by atoms with Crippen LogP contribution in [-0.2, 0) is 29.0 Å². The lowest BCUT2D eigenvalue weighted by molar-refractivity contribution is -0.143. The number of fused-ring (bicyclic) bond motifs is 3. The Morgan fingerprint density at radius 2 is 2.20 bits per heavy atom. The van der Waals surface area contributed by atoms with Gasteiger partial charge in [0, 0.05) is 49.1 Å². The summed E-state index contributed by atoms with van der Waals surface area (Å²) in [6.07, 6.45) is 8.61. The smallest absolute Gasteiger partial charge is 0.305 e. The van der Waals surface area contributed by atoms with Crippen molar-refractivity contribution >= 4 is 16.9 Å². The number of hydrogen-bond donors (Lipinski definition) is 1. The van der Waals surface area contributed by atoms with Crippen LogP contribution in [0.5, 0.6) is 0 Å². The zero-order chi connectivity index (χ0) is 21.5. The molecule has 0 bridgehead atoms. The van der Waals surface area contributed by atoms with E-state index in [0.29, 0.717) is 13.0 Å². The third kappa shape index (κ3) is 5.30. The Kier molecular flexibility index (Phi) is 7.69. The number of nitrogens with zero attached hydrogens (tertiary/aromatic N) is 2. The first kappa shape index (κ1) is 22.1. The molecule has 0 saturated carbocycles. The quantitative estimate of drug-likeness (QED) is 0.492. The first-order chi connectivity index (χ1) is 14.5. The third-order valence-corrected chi connectivity index (χ3v) is 5.60. The standard InChI is InChI=1S/C24H32FN3O2/c1-3-30-24(29)8-6-13-27-14-11-23-21(17-27)20-15-19(25)9-10-22(20)28(23)16-18(2)7-4-5-12-26/h5,7,9-10,12,15H,3-4,6,8,11,13-14,16-17,26H2,1-2H3/b12-5-,18-7+. The number of nitrogens with two attached hydrogens (primary N) is 1. The van der Waals surface area contributed by atoms with Gasteiger partial charge in [0.1, 0.15) is 5.82 Å². The van der Waals surface area contributed by atoms with Crippen LogP contribution in [0.4, 0.5) is 4.39 Å². The molecule has 0 amide bonds. The summed E-state index contributed by atoms with van der Waals surface area (Å²) in [7, 11) is 0. The number of benzene rings is 1. The topological polar surface area (TPSA) is 60.5 Å². The molecule has 1 aromatic carbocycles. The third-order valence-electron chi connectivity index (χ3n) is 5.60. The number of carbonyl (C=O) groups excluding carboxylic acids is 1. The van der Waals surface area contributed by atoms with Gasteiger partial charge in [0.25, 0.3) is 0 Å². The van der Waals surface area contributed by atoms with Crippen molar-refractivity contribution < 1.29 is 13.9 Å². The summed E-state index contributed by atoms with van der Waals surface area (Å²) in [5.74, 6) is -0.345. The number of ether oxygens (including phenoxy) is 1. The molecule has 0 radical (unpaired) electrons. The van der Waals surface area contributed by atoms with E-state index in [-0.39, 0.29) is 11.8 Å². The van der Waals surface area contributed by atoms with E-state index in [0.717, 1.165) is 56.3 Å². The lowest BCUT2D eigenvalue weighted by Crippen LogP contribution is -2.32. The summed E-state index contributed by atoms with van der Waals surface area (Å²) in [6.45, 7) is 7.72. The van der Waals surface area contributed by atoms with Gasteiger partial charge >= 0.3 is 5.97 Å². The Morgan fingerprint density at radius 3 is 2.97 bits per heavy atom. The van der Waals surface area contributed by atoms with E-state index >= 15 is 0 Å². The van der Waals surface area contributed by atoms with E-state index in [1.165, 1.54) is 22.9 Å². The molecule has 1 aliphatic heterocycles. The average molecular weight is 414 g/mol. The minimum Gasteiger partial charge on any atom is -0.466 e. The van der Waals surface area contributed by atoms with Crippen LogP contribution in [0.15, 0.2) is 42.1 Å². The minimum atomic E-state index is -0.206. The predicted molar refractivity (Wildman–Crippen MR) is 118 cm³/mol. The van der Waals surface area contributed by atoms with Gasteiger partial charge in [0.05, 0.1) is 6.61 Å². The van der Waals surface area contributed by atoms with Gasteiger partial charge in [-0.25, -0.2) is 4.39 Å².